The highest BCUT2D eigenvalue weighted by Crippen LogP contribution is 1.87. The van der Waals surface area contributed by atoms with Crippen LogP contribution in [-0.4, -0.2) is 50.6 Å². The van der Waals surface area contributed by atoms with Crippen molar-refractivity contribution in [3.63, 3.8) is 0 Å². The van der Waals surface area contributed by atoms with Crippen molar-refractivity contribution < 1.29 is 4.79 Å². The molecule has 1 unspecified atom stereocenters. The Morgan fingerprint density at radius 1 is 1.46 bits per heavy atom. The van der Waals surface area contributed by atoms with E-state index in [-0.39, 0.29) is 5.91 Å². The Hall–Kier alpha value is -0.610. The van der Waals surface area contributed by atoms with Gasteiger partial charge in [-0.25, -0.2) is 0 Å². The van der Waals surface area contributed by atoms with Crippen LogP contribution in [0.4, 0.5) is 0 Å². The third-order valence-corrected chi connectivity index (χ3v) is 2.01. The molecular formula is C9H21N3O. The molecule has 0 heterocycles. The van der Waals surface area contributed by atoms with Crippen LogP contribution in [-0.2, 0) is 4.79 Å². The number of nitrogens with zero attached hydrogens (tertiary/aromatic N) is 1. The minimum absolute atomic E-state index is 0.0653. The van der Waals surface area contributed by atoms with E-state index >= 15 is 0 Å². The Bertz CT molecular complexity index is 148. The molecule has 0 spiro atoms. The average molecular weight is 187 g/mol. The Morgan fingerprint density at radius 2 is 2.08 bits per heavy atom. The van der Waals surface area contributed by atoms with Gasteiger partial charge in [0.2, 0.25) is 5.91 Å². The van der Waals surface area contributed by atoms with Gasteiger partial charge in [-0.1, -0.05) is 6.92 Å². The summed E-state index contributed by atoms with van der Waals surface area (Å²) < 4.78 is 0. The lowest BCUT2D eigenvalue weighted by Crippen LogP contribution is -2.41. The van der Waals surface area contributed by atoms with Gasteiger partial charge >= 0.3 is 0 Å². The third-order valence-electron chi connectivity index (χ3n) is 2.01. The Labute approximate surface area is 80.7 Å². The molecule has 0 aliphatic heterocycles. The number of hydrogen-bond donors (Lipinski definition) is 2. The van der Waals surface area contributed by atoms with Crippen LogP contribution < -0.4 is 10.6 Å². The van der Waals surface area contributed by atoms with Crippen molar-refractivity contribution in [1.29, 1.82) is 0 Å². The summed E-state index contributed by atoms with van der Waals surface area (Å²) in [5.41, 5.74) is 0. The van der Waals surface area contributed by atoms with E-state index in [1.54, 1.807) is 0 Å². The molecule has 4 heteroatoms. The molecule has 0 aliphatic carbocycles. The van der Waals surface area contributed by atoms with Gasteiger partial charge in [-0.2, -0.15) is 0 Å². The van der Waals surface area contributed by atoms with E-state index in [1.807, 2.05) is 21.0 Å². The number of rotatable bonds is 6. The number of amides is 1. The molecule has 13 heavy (non-hydrogen) atoms. The Kier molecular flexibility index (Phi) is 6.54. The van der Waals surface area contributed by atoms with Crippen molar-refractivity contribution in [3.8, 4) is 0 Å². The molecule has 0 bridgehead atoms. The molecule has 0 saturated carbocycles. The molecule has 0 rings (SSSR count). The summed E-state index contributed by atoms with van der Waals surface area (Å²) in [4.78, 5) is 13.2. The Balaban J connectivity index is 3.46. The van der Waals surface area contributed by atoms with Crippen molar-refractivity contribution >= 4 is 5.91 Å². The van der Waals surface area contributed by atoms with Gasteiger partial charge in [-0.15, -0.1) is 0 Å². The first kappa shape index (κ1) is 12.4. The molecular weight excluding hydrogens is 166 g/mol. The van der Waals surface area contributed by atoms with Gasteiger partial charge in [0.05, 0.1) is 6.54 Å². The molecule has 0 radical (unpaired) electrons. The second kappa shape index (κ2) is 6.86. The van der Waals surface area contributed by atoms with Gasteiger partial charge in [0, 0.05) is 12.6 Å². The van der Waals surface area contributed by atoms with E-state index in [0.29, 0.717) is 19.1 Å². The van der Waals surface area contributed by atoms with Gasteiger partial charge < -0.3 is 15.5 Å². The van der Waals surface area contributed by atoms with Crippen molar-refractivity contribution in [3.05, 3.63) is 0 Å². The van der Waals surface area contributed by atoms with Gasteiger partial charge in [0.1, 0.15) is 0 Å². The number of carbonyl (C=O) groups excluding carboxylic acids is 1. The SMILES string of the molecule is CCNCC(=O)NCC(C)N(C)C. The van der Waals surface area contributed by atoms with Crippen LogP contribution in [0.5, 0.6) is 0 Å². The van der Waals surface area contributed by atoms with Crippen molar-refractivity contribution in [2.45, 2.75) is 19.9 Å². The quantitative estimate of drug-likeness (QED) is 0.598. The lowest BCUT2D eigenvalue weighted by molar-refractivity contribution is -0.120. The summed E-state index contributed by atoms with van der Waals surface area (Å²) in [5.74, 6) is 0.0653. The maximum absolute atomic E-state index is 11.1. The standard InChI is InChI=1S/C9H21N3O/c1-5-10-7-9(13)11-6-8(2)12(3)4/h8,10H,5-7H2,1-4H3,(H,11,13). The summed E-state index contributed by atoms with van der Waals surface area (Å²) in [6.45, 7) is 6.01. The van der Waals surface area contributed by atoms with E-state index in [0.717, 1.165) is 6.54 Å². The van der Waals surface area contributed by atoms with Gasteiger partial charge in [-0.3, -0.25) is 4.79 Å². The highest BCUT2D eigenvalue weighted by atomic mass is 16.1. The van der Waals surface area contributed by atoms with Crippen LogP contribution in [0.15, 0.2) is 0 Å². The second-order valence-electron chi connectivity index (χ2n) is 3.40. The molecule has 2 N–H and O–H groups in total. The first-order chi connectivity index (χ1) is 6.07. The minimum atomic E-state index is 0.0653. The van der Waals surface area contributed by atoms with Crippen LogP contribution in [0.1, 0.15) is 13.8 Å². The van der Waals surface area contributed by atoms with Gasteiger partial charge in [0.15, 0.2) is 0 Å². The molecule has 0 saturated heterocycles. The summed E-state index contributed by atoms with van der Waals surface area (Å²) >= 11 is 0. The van der Waals surface area contributed by atoms with Gasteiger partial charge in [0.25, 0.3) is 0 Å². The summed E-state index contributed by atoms with van der Waals surface area (Å²) in [6, 6.07) is 0.380. The monoisotopic (exact) mass is 187 g/mol. The molecule has 0 aromatic carbocycles. The van der Waals surface area contributed by atoms with Crippen LogP contribution >= 0.6 is 0 Å². The number of nitrogens with one attached hydrogen (secondary N) is 2. The zero-order valence-electron chi connectivity index (χ0n) is 9.05. The number of carbonyl (C=O) groups is 1. The molecule has 4 nitrogen and oxygen atoms in total. The highest BCUT2D eigenvalue weighted by molar-refractivity contribution is 5.77. The maximum Gasteiger partial charge on any atom is 0.234 e. The lowest BCUT2D eigenvalue weighted by atomic mass is 10.3. The van der Waals surface area contributed by atoms with Crippen molar-refractivity contribution in [2.75, 3.05) is 33.7 Å². The summed E-state index contributed by atoms with van der Waals surface area (Å²) in [7, 11) is 4.00. The third kappa shape index (κ3) is 6.54. The number of likely N-dealkylation sites (N-methyl/N-ethyl adjacent to an activating group) is 2. The molecule has 0 aromatic rings. The second-order valence-corrected chi connectivity index (χ2v) is 3.40. The predicted octanol–water partition coefficient (Wildman–Crippen LogP) is -0.338. The van der Waals surface area contributed by atoms with E-state index in [4.69, 9.17) is 0 Å². The lowest BCUT2D eigenvalue weighted by Gasteiger charge is -2.19. The zero-order valence-corrected chi connectivity index (χ0v) is 9.05. The molecule has 0 fully saturated rings. The van der Waals surface area contributed by atoms with E-state index in [1.165, 1.54) is 0 Å². The first-order valence-electron chi connectivity index (χ1n) is 4.71. The summed E-state index contributed by atoms with van der Waals surface area (Å²) in [5, 5.41) is 5.83. The Morgan fingerprint density at radius 3 is 2.54 bits per heavy atom. The fraction of sp³-hybridized carbons (Fsp3) is 0.889. The first-order valence-corrected chi connectivity index (χ1v) is 4.71. The fourth-order valence-corrected chi connectivity index (χ4v) is 0.745. The van der Waals surface area contributed by atoms with Crippen LogP contribution in [0.2, 0.25) is 0 Å². The van der Waals surface area contributed by atoms with E-state index < -0.39 is 0 Å². The van der Waals surface area contributed by atoms with Crippen LogP contribution in [0.25, 0.3) is 0 Å². The minimum Gasteiger partial charge on any atom is -0.353 e. The van der Waals surface area contributed by atoms with Crippen LogP contribution in [0, 0.1) is 0 Å². The van der Waals surface area contributed by atoms with E-state index in [9.17, 15) is 4.79 Å². The van der Waals surface area contributed by atoms with E-state index in [2.05, 4.69) is 22.5 Å². The average Bonchev–Trinajstić information content (AvgIpc) is 2.10. The largest absolute Gasteiger partial charge is 0.353 e. The fourth-order valence-electron chi connectivity index (χ4n) is 0.745. The molecule has 0 aromatic heterocycles. The molecule has 78 valence electrons. The smallest absolute Gasteiger partial charge is 0.234 e. The molecule has 1 atom stereocenters. The van der Waals surface area contributed by atoms with Gasteiger partial charge in [-0.05, 0) is 27.6 Å². The predicted molar refractivity (Wildman–Crippen MR) is 54.7 cm³/mol. The maximum atomic E-state index is 11.1. The van der Waals surface area contributed by atoms with Crippen molar-refractivity contribution in [1.82, 2.24) is 15.5 Å². The van der Waals surface area contributed by atoms with Crippen LogP contribution in [0.3, 0.4) is 0 Å². The highest BCUT2D eigenvalue weighted by Gasteiger charge is 2.05. The topological polar surface area (TPSA) is 44.4 Å². The molecule has 0 aliphatic rings. The summed E-state index contributed by atoms with van der Waals surface area (Å²) in [6.07, 6.45) is 0. The van der Waals surface area contributed by atoms with Crippen molar-refractivity contribution in [2.24, 2.45) is 0 Å². The molecule has 1 amide bonds. The normalized spacial score (nSPS) is 13.0. The number of hydrogen-bond acceptors (Lipinski definition) is 3. The zero-order chi connectivity index (χ0) is 10.3.